The lowest BCUT2D eigenvalue weighted by atomic mass is 9.96. The van der Waals surface area contributed by atoms with Crippen molar-refractivity contribution in [2.75, 3.05) is 18.4 Å². The van der Waals surface area contributed by atoms with Crippen LogP contribution >= 0.6 is 0 Å². The van der Waals surface area contributed by atoms with E-state index in [-0.39, 0.29) is 17.7 Å². The molecule has 0 spiro atoms. The van der Waals surface area contributed by atoms with Gasteiger partial charge in [0.05, 0.1) is 17.2 Å². The predicted octanol–water partition coefficient (Wildman–Crippen LogP) is 4.17. The maximum atomic E-state index is 13.1. The van der Waals surface area contributed by atoms with Gasteiger partial charge in [-0.1, -0.05) is 48.0 Å². The maximum Gasteiger partial charge on any atom is 0.253 e. The lowest BCUT2D eigenvalue weighted by molar-refractivity contribution is -0.121. The number of carbonyl (C=O) groups excluding carboxylic acids is 2. The van der Waals surface area contributed by atoms with Gasteiger partial charge in [-0.15, -0.1) is 0 Å². The van der Waals surface area contributed by atoms with Gasteiger partial charge < -0.3 is 10.6 Å². The molecule has 170 valence electrons. The summed E-state index contributed by atoms with van der Waals surface area (Å²) in [4.78, 5) is 32.3. The molecule has 0 bridgehead atoms. The molecule has 1 atom stereocenters. The molecule has 33 heavy (non-hydrogen) atoms. The van der Waals surface area contributed by atoms with Gasteiger partial charge in [-0.05, 0) is 55.6 Å². The Morgan fingerprint density at radius 2 is 1.85 bits per heavy atom. The number of piperidine rings is 1. The Bertz CT molecular complexity index is 1080. The summed E-state index contributed by atoms with van der Waals surface area (Å²) in [6, 6.07) is 19.5. The van der Waals surface area contributed by atoms with E-state index >= 15 is 0 Å². The minimum Gasteiger partial charge on any atom is -0.348 e. The molecule has 2 aromatic carbocycles. The van der Waals surface area contributed by atoms with E-state index in [0.29, 0.717) is 17.8 Å². The minimum atomic E-state index is -0.223. The number of hydrogen-bond acceptors (Lipinski definition) is 4. The van der Waals surface area contributed by atoms with Gasteiger partial charge in [0.2, 0.25) is 5.91 Å². The third kappa shape index (κ3) is 6.26. The van der Waals surface area contributed by atoms with Gasteiger partial charge in [0, 0.05) is 32.0 Å². The van der Waals surface area contributed by atoms with E-state index in [1.54, 1.807) is 30.6 Å². The van der Waals surface area contributed by atoms with E-state index in [2.05, 4.69) is 51.7 Å². The van der Waals surface area contributed by atoms with E-state index in [4.69, 9.17) is 0 Å². The van der Waals surface area contributed by atoms with Gasteiger partial charge in [-0.3, -0.25) is 19.5 Å². The average Bonchev–Trinajstić information content (AvgIpc) is 2.85. The monoisotopic (exact) mass is 442 g/mol. The smallest absolute Gasteiger partial charge is 0.253 e. The van der Waals surface area contributed by atoms with Crippen LogP contribution in [0.25, 0.3) is 0 Å². The lowest BCUT2D eigenvalue weighted by Gasteiger charge is -2.32. The van der Waals surface area contributed by atoms with Crippen LogP contribution in [-0.4, -0.2) is 34.8 Å². The molecule has 2 N–H and O–H groups in total. The first-order chi connectivity index (χ1) is 16.1. The fraction of sp³-hybridized carbons (Fsp3) is 0.296. The molecule has 1 aromatic heterocycles. The number of hydrogen-bond donors (Lipinski definition) is 2. The van der Waals surface area contributed by atoms with Crippen molar-refractivity contribution in [2.45, 2.75) is 32.9 Å². The summed E-state index contributed by atoms with van der Waals surface area (Å²) in [6.07, 6.45) is 5.26. The van der Waals surface area contributed by atoms with Gasteiger partial charge in [0.15, 0.2) is 0 Å². The fourth-order valence-corrected chi connectivity index (χ4v) is 4.17. The van der Waals surface area contributed by atoms with Crippen LogP contribution in [0.1, 0.15) is 39.9 Å². The van der Waals surface area contributed by atoms with Gasteiger partial charge in [-0.25, -0.2) is 0 Å². The summed E-state index contributed by atoms with van der Waals surface area (Å²) in [5.41, 5.74) is 4.43. The number of benzene rings is 2. The third-order valence-corrected chi connectivity index (χ3v) is 6.01. The van der Waals surface area contributed by atoms with Crippen LogP contribution in [0, 0.1) is 12.8 Å². The summed E-state index contributed by atoms with van der Waals surface area (Å²) >= 11 is 0. The Morgan fingerprint density at radius 1 is 1.03 bits per heavy atom. The largest absolute Gasteiger partial charge is 0.348 e. The number of carbonyl (C=O) groups is 2. The maximum absolute atomic E-state index is 13.1. The second-order valence-corrected chi connectivity index (χ2v) is 8.64. The molecular weight excluding hydrogens is 412 g/mol. The predicted molar refractivity (Wildman–Crippen MR) is 130 cm³/mol. The zero-order valence-corrected chi connectivity index (χ0v) is 19.0. The highest BCUT2D eigenvalue weighted by Crippen LogP contribution is 2.22. The van der Waals surface area contributed by atoms with Crippen LogP contribution in [0.5, 0.6) is 0 Å². The first kappa shape index (κ1) is 22.7. The van der Waals surface area contributed by atoms with Crippen LogP contribution in [-0.2, 0) is 17.9 Å². The molecule has 0 aliphatic carbocycles. The van der Waals surface area contributed by atoms with Crippen molar-refractivity contribution in [1.29, 1.82) is 0 Å². The zero-order valence-electron chi connectivity index (χ0n) is 19.0. The number of anilines is 1. The number of amides is 2. The summed E-state index contributed by atoms with van der Waals surface area (Å²) in [5, 5.41) is 5.92. The standard InChI is InChI=1S/C27H30N4O2/c1-20-10-12-21(13-11-20)18-31-15-5-7-23(19-31)26(32)30-25-9-3-2-8-24(25)27(33)29-17-22-6-4-14-28-16-22/h2-4,6,8-14,16,23H,5,7,15,17-19H2,1H3,(H,29,33)(H,30,32). The number of para-hydroxylation sites is 1. The summed E-state index contributed by atoms with van der Waals surface area (Å²) in [5.74, 6) is -0.355. The number of pyridine rings is 1. The molecule has 0 radical (unpaired) electrons. The van der Waals surface area contributed by atoms with Gasteiger partial charge >= 0.3 is 0 Å². The molecule has 1 saturated heterocycles. The van der Waals surface area contributed by atoms with Crippen LogP contribution in [0.3, 0.4) is 0 Å². The molecule has 6 nitrogen and oxygen atoms in total. The van der Waals surface area contributed by atoms with Crippen LogP contribution in [0.15, 0.2) is 73.1 Å². The number of aromatic nitrogens is 1. The van der Waals surface area contributed by atoms with E-state index < -0.39 is 0 Å². The second kappa shape index (κ2) is 10.9. The van der Waals surface area contributed by atoms with Crippen molar-refractivity contribution >= 4 is 17.5 Å². The SMILES string of the molecule is Cc1ccc(CN2CCCC(C(=O)Nc3ccccc3C(=O)NCc3cccnc3)C2)cc1. The number of nitrogens with zero attached hydrogens (tertiary/aromatic N) is 2. The molecule has 4 rings (SSSR count). The third-order valence-electron chi connectivity index (χ3n) is 6.01. The number of likely N-dealkylation sites (tertiary alicyclic amines) is 1. The molecule has 1 unspecified atom stereocenters. The first-order valence-corrected chi connectivity index (χ1v) is 11.4. The van der Waals surface area contributed by atoms with Crippen LogP contribution in [0.4, 0.5) is 5.69 Å². The Morgan fingerprint density at radius 3 is 2.64 bits per heavy atom. The molecular formula is C27H30N4O2. The lowest BCUT2D eigenvalue weighted by Crippen LogP contribution is -2.40. The van der Waals surface area contributed by atoms with E-state index in [9.17, 15) is 9.59 Å². The second-order valence-electron chi connectivity index (χ2n) is 8.64. The highest BCUT2D eigenvalue weighted by Gasteiger charge is 2.26. The summed E-state index contributed by atoms with van der Waals surface area (Å²) < 4.78 is 0. The minimum absolute atomic E-state index is 0.0314. The van der Waals surface area contributed by atoms with E-state index in [1.165, 1.54) is 11.1 Å². The van der Waals surface area contributed by atoms with Gasteiger partial charge in [0.1, 0.15) is 0 Å². The van der Waals surface area contributed by atoms with E-state index in [1.807, 2.05) is 18.2 Å². The zero-order chi connectivity index (χ0) is 23.0. The Hall–Kier alpha value is -3.51. The molecule has 0 saturated carbocycles. The number of aryl methyl sites for hydroxylation is 1. The van der Waals surface area contributed by atoms with Crippen LogP contribution < -0.4 is 10.6 Å². The van der Waals surface area contributed by atoms with Crippen molar-refractivity contribution in [3.63, 3.8) is 0 Å². The van der Waals surface area contributed by atoms with Crippen molar-refractivity contribution in [3.8, 4) is 0 Å². The average molecular weight is 443 g/mol. The quantitative estimate of drug-likeness (QED) is 0.576. The first-order valence-electron chi connectivity index (χ1n) is 11.4. The molecule has 6 heteroatoms. The molecule has 1 aliphatic heterocycles. The highest BCUT2D eigenvalue weighted by atomic mass is 16.2. The van der Waals surface area contributed by atoms with Gasteiger partial charge in [-0.2, -0.15) is 0 Å². The van der Waals surface area contributed by atoms with Crippen molar-refractivity contribution in [1.82, 2.24) is 15.2 Å². The van der Waals surface area contributed by atoms with Crippen LogP contribution in [0.2, 0.25) is 0 Å². The van der Waals surface area contributed by atoms with E-state index in [0.717, 1.165) is 38.0 Å². The Labute approximate surface area is 195 Å². The molecule has 2 amide bonds. The molecule has 2 heterocycles. The Balaban J connectivity index is 1.36. The number of rotatable bonds is 7. The highest BCUT2D eigenvalue weighted by molar-refractivity contribution is 6.04. The number of nitrogens with one attached hydrogen (secondary N) is 2. The molecule has 1 fully saturated rings. The summed E-state index contributed by atoms with van der Waals surface area (Å²) in [7, 11) is 0. The van der Waals surface area contributed by atoms with Crippen molar-refractivity contribution in [2.24, 2.45) is 5.92 Å². The Kier molecular flexibility index (Phi) is 7.47. The molecule has 3 aromatic rings. The molecule has 1 aliphatic rings. The fourth-order valence-electron chi connectivity index (χ4n) is 4.17. The van der Waals surface area contributed by atoms with Crippen molar-refractivity contribution < 1.29 is 9.59 Å². The normalized spacial score (nSPS) is 16.2. The van der Waals surface area contributed by atoms with Gasteiger partial charge in [0.25, 0.3) is 5.91 Å². The summed E-state index contributed by atoms with van der Waals surface area (Å²) in [6.45, 7) is 5.02. The van der Waals surface area contributed by atoms with Crippen molar-refractivity contribution in [3.05, 3.63) is 95.3 Å². The topological polar surface area (TPSA) is 74.3 Å².